The van der Waals surface area contributed by atoms with Crippen LogP contribution in [-0.4, -0.2) is 18.1 Å². The minimum Gasteiger partial charge on any atom is -0.496 e. The summed E-state index contributed by atoms with van der Waals surface area (Å²) in [6, 6.07) is 8.95. The van der Waals surface area contributed by atoms with Gasteiger partial charge in [-0.15, -0.1) is 11.3 Å². The molecule has 1 aromatic heterocycles. The van der Waals surface area contributed by atoms with Crippen molar-refractivity contribution in [1.29, 1.82) is 0 Å². The summed E-state index contributed by atoms with van der Waals surface area (Å²) in [6.45, 7) is 0.882. The van der Waals surface area contributed by atoms with E-state index < -0.39 is 0 Å². The molecule has 1 N–H and O–H groups in total. The van der Waals surface area contributed by atoms with Gasteiger partial charge in [0.2, 0.25) is 0 Å². The average Bonchev–Trinajstić information content (AvgIpc) is 2.90. The molecule has 1 saturated carbocycles. The number of rotatable bonds is 5. The van der Waals surface area contributed by atoms with Crippen LogP contribution in [0.15, 0.2) is 35.2 Å². The van der Waals surface area contributed by atoms with Crippen molar-refractivity contribution in [2.45, 2.75) is 31.3 Å². The summed E-state index contributed by atoms with van der Waals surface area (Å²) in [5.74, 6) is 1.65. The molecule has 0 unspecified atom stereocenters. The molecule has 1 fully saturated rings. The summed E-state index contributed by atoms with van der Waals surface area (Å²) in [4.78, 5) is 4.29. The Morgan fingerprint density at radius 2 is 2.21 bits per heavy atom. The molecule has 1 aliphatic rings. The molecule has 4 heteroatoms. The average molecular weight is 274 g/mol. The van der Waals surface area contributed by atoms with E-state index in [1.807, 2.05) is 17.6 Å². The van der Waals surface area contributed by atoms with Crippen molar-refractivity contribution in [3.8, 4) is 5.75 Å². The number of hydrogen-bond donors (Lipinski definition) is 1. The van der Waals surface area contributed by atoms with Crippen molar-refractivity contribution >= 4 is 11.3 Å². The fourth-order valence-corrected chi connectivity index (χ4v) is 3.17. The molecule has 0 bridgehead atoms. The molecule has 0 spiro atoms. The highest BCUT2D eigenvalue weighted by Gasteiger charge is 2.31. The van der Waals surface area contributed by atoms with Crippen molar-refractivity contribution in [1.82, 2.24) is 10.3 Å². The topological polar surface area (TPSA) is 34.1 Å². The molecule has 0 saturated heterocycles. The minimum absolute atomic E-state index is 0.608. The van der Waals surface area contributed by atoms with Crippen LogP contribution in [0.2, 0.25) is 0 Å². The largest absolute Gasteiger partial charge is 0.496 e. The van der Waals surface area contributed by atoms with Gasteiger partial charge in [0.15, 0.2) is 0 Å². The fourth-order valence-electron chi connectivity index (χ4n) is 2.62. The van der Waals surface area contributed by atoms with Crippen molar-refractivity contribution in [2.24, 2.45) is 0 Å². The number of methoxy groups -OCH3 is 1. The zero-order valence-electron chi connectivity index (χ0n) is 11.0. The van der Waals surface area contributed by atoms with E-state index in [1.165, 1.54) is 18.4 Å². The van der Waals surface area contributed by atoms with Crippen molar-refractivity contribution < 1.29 is 4.74 Å². The smallest absolute Gasteiger partial charge is 0.122 e. The summed E-state index contributed by atoms with van der Waals surface area (Å²) in [7, 11) is 1.75. The summed E-state index contributed by atoms with van der Waals surface area (Å²) in [5, 5.41) is 5.66. The Labute approximate surface area is 117 Å². The SMILES string of the molecule is COc1ccccc1C1CC(NCc2cscn2)C1. The van der Waals surface area contributed by atoms with Crippen LogP contribution in [0, 0.1) is 0 Å². The zero-order valence-corrected chi connectivity index (χ0v) is 11.8. The lowest BCUT2D eigenvalue weighted by molar-refractivity contribution is 0.281. The monoisotopic (exact) mass is 274 g/mol. The lowest BCUT2D eigenvalue weighted by Gasteiger charge is -2.36. The molecule has 100 valence electrons. The third kappa shape index (κ3) is 2.80. The second-order valence-electron chi connectivity index (χ2n) is 4.97. The Hall–Kier alpha value is -1.39. The molecule has 3 rings (SSSR count). The number of hydrogen-bond acceptors (Lipinski definition) is 4. The highest BCUT2D eigenvalue weighted by molar-refractivity contribution is 7.07. The van der Waals surface area contributed by atoms with Crippen LogP contribution < -0.4 is 10.1 Å². The summed E-state index contributed by atoms with van der Waals surface area (Å²) < 4.78 is 5.43. The summed E-state index contributed by atoms with van der Waals surface area (Å²) in [6.07, 6.45) is 2.37. The number of benzene rings is 1. The maximum atomic E-state index is 5.43. The molecule has 2 aromatic rings. The Balaban J connectivity index is 1.52. The van der Waals surface area contributed by atoms with Gasteiger partial charge in [-0.2, -0.15) is 0 Å². The van der Waals surface area contributed by atoms with Crippen molar-refractivity contribution in [2.75, 3.05) is 7.11 Å². The third-order valence-electron chi connectivity index (χ3n) is 3.77. The number of thiazole rings is 1. The van der Waals surface area contributed by atoms with Gasteiger partial charge in [-0.1, -0.05) is 18.2 Å². The van der Waals surface area contributed by atoms with E-state index in [2.05, 4.69) is 27.8 Å². The van der Waals surface area contributed by atoms with Crippen LogP contribution in [-0.2, 0) is 6.54 Å². The maximum Gasteiger partial charge on any atom is 0.122 e. The highest BCUT2D eigenvalue weighted by Crippen LogP contribution is 2.40. The Morgan fingerprint density at radius 1 is 1.37 bits per heavy atom. The van der Waals surface area contributed by atoms with Gasteiger partial charge in [0.05, 0.1) is 18.3 Å². The quantitative estimate of drug-likeness (QED) is 0.909. The Morgan fingerprint density at radius 3 is 2.95 bits per heavy atom. The highest BCUT2D eigenvalue weighted by atomic mass is 32.1. The third-order valence-corrected chi connectivity index (χ3v) is 4.41. The van der Waals surface area contributed by atoms with Gasteiger partial charge in [0.25, 0.3) is 0 Å². The van der Waals surface area contributed by atoms with Crippen LogP contribution in [0.25, 0.3) is 0 Å². The van der Waals surface area contributed by atoms with E-state index in [1.54, 1.807) is 18.4 Å². The molecular weight excluding hydrogens is 256 g/mol. The van der Waals surface area contributed by atoms with Gasteiger partial charge in [-0.05, 0) is 30.4 Å². The molecule has 0 radical (unpaired) electrons. The minimum atomic E-state index is 0.608. The Bertz CT molecular complexity index is 521. The molecule has 19 heavy (non-hydrogen) atoms. The fraction of sp³-hybridized carbons (Fsp3) is 0.400. The normalized spacial score (nSPS) is 21.9. The molecule has 0 amide bonds. The molecule has 1 aromatic carbocycles. The van der Waals surface area contributed by atoms with E-state index in [0.717, 1.165) is 18.0 Å². The molecule has 1 aliphatic carbocycles. The van der Waals surface area contributed by atoms with Crippen LogP contribution in [0.4, 0.5) is 0 Å². The van der Waals surface area contributed by atoms with Crippen LogP contribution >= 0.6 is 11.3 Å². The standard InChI is InChI=1S/C15H18N2OS/c1-18-15-5-3-2-4-14(15)11-6-12(7-11)16-8-13-9-19-10-17-13/h2-5,9-12,16H,6-8H2,1H3. The van der Waals surface area contributed by atoms with Gasteiger partial charge in [-0.3, -0.25) is 0 Å². The van der Waals surface area contributed by atoms with Gasteiger partial charge in [0.1, 0.15) is 5.75 Å². The number of para-hydroxylation sites is 1. The van der Waals surface area contributed by atoms with E-state index >= 15 is 0 Å². The van der Waals surface area contributed by atoms with Gasteiger partial charge in [-0.25, -0.2) is 4.98 Å². The van der Waals surface area contributed by atoms with E-state index in [4.69, 9.17) is 4.74 Å². The Kier molecular flexibility index (Phi) is 3.80. The van der Waals surface area contributed by atoms with E-state index in [-0.39, 0.29) is 0 Å². The second kappa shape index (κ2) is 5.72. The van der Waals surface area contributed by atoms with E-state index in [0.29, 0.717) is 12.0 Å². The number of ether oxygens (including phenoxy) is 1. The first kappa shape index (κ1) is 12.6. The lowest BCUT2D eigenvalue weighted by atomic mass is 9.75. The van der Waals surface area contributed by atoms with Crippen LogP contribution in [0.3, 0.4) is 0 Å². The predicted octanol–water partition coefficient (Wildman–Crippen LogP) is 3.19. The first-order valence-electron chi connectivity index (χ1n) is 6.60. The molecular formula is C15H18N2OS. The number of nitrogens with zero attached hydrogens (tertiary/aromatic N) is 1. The molecule has 3 nitrogen and oxygen atoms in total. The number of nitrogens with one attached hydrogen (secondary N) is 1. The number of aromatic nitrogens is 1. The first-order valence-corrected chi connectivity index (χ1v) is 7.54. The predicted molar refractivity (Wildman–Crippen MR) is 77.7 cm³/mol. The van der Waals surface area contributed by atoms with Crippen molar-refractivity contribution in [3.05, 3.63) is 46.4 Å². The molecule has 0 aliphatic heterocycles. The van der Waals surface area contributed by atoms with Gasteiger partial charge in [0, 0.05) is 18.0 Å². The van der Waals surface area contributed by atoms with Crippen molar-refractivity contribution in [3.63, 3.8) is 0 Å². The zero-order chi connectivity index (χ0) is 13.1. The molecule has 1 heterocycles. The maximum absolute atomic E-state index is 5.43. The second-order valence-corrected chi connectivity index (χ2v) is 5.69. The molecule has 0 atom stereocenters. The van der Waals surface area contributed by atoms with E-state index in [9.17, 15) is 0 Å². The summed E-state index contributed by atoms with van der Waals surface area (Å²) in [5.41, 5.74) is 4.37. The lowest BCUT2D eigenvalue weighted by Crippen LogP contribution is -2.39. The summed E-state index contributed by atoms with van der Waals surface area (Å²) >= 11 is 1.65. The van der Waals surface area contributed by atoms with Gasteiger partial charge < -0.3 is 10.1 Å². The first-order chi connectivity index (χ1) is 9.36. The van der Waals surface area contributed by atoms with Crippen LogP contribution in [0.5, 0.6) is 5.75 Å². The van der Waals surface area contributed by atoms with Crippen LogP contribution in [0.1, 0.15) is 30.0 Å². The van der Waals surface area contributed by atoms with Gasteiger partial charge >= 0.3 is 0 Å².